The molecule has 23 heavy (non-hydrogen) atoms. The van der Waals surface area contributed by atoms with E-state index in [2.05, 4.69) is 4.98 Å². The first kappa shape index (κ1) is 16.3. The molecule has 6 heteroatoms. The van der Waals surface area contributed by atoms with Crippen molar-refractivity contribution in [3.05, 3.63) is 77.4 Å². The number of carbonyl (C=O) groups is 2. The number of halogens is 1. The molecule has 0 saturated heterocycles. The zero-order valence-corrected chi connectivity index (χ0v) is 11.9. The quantitative estimate of drug-likeness (QED) is 0.385. The number of pyridine rings is 1. The van der Waals surface area contributed by atoms with E-state index < -0.39 is 11.7 Å². The Morgan fingerprint density at radius 1 is 1.17 bits per heavy atom. The van der Waals surface area contributed by atoms with E-state index in [9.17, 15) is 14.0 Å². The highest BCUT2D eigenvalue weighted by Crippen LogP contribution is 2.14. The SMILES string of the molecule is O=C(C=Cc1ccc(C=CC(=O)c2cccnc2)c(F)c1)NO. The second kappa shape index (κ2) is 7.77. The lowest BCUT2D eigenvalue weighted by Crippen LogP contribution is -2.14. The summed E-state index contributed by atoms with van der Waals surface area (Å²) in [6.45, 7) is 0. The first-order valence-electron chi connectivity index (χ1n) is 6.64. The van der Waals surface area contributed by atoms with Crippen molar-refractivity contribution in [1.29, 1.82) is 0 Å². The summed E-state index contributed by atoms with van der Waals surface area (Å²) in [4.78, 5) is 26.6. The third kappa shape index (κ3) is 4.69. The van der Waals surface area contributed by atoms with Crippen LogP contribution in [0.5, 0.6) is 0 Å². The molecule has 2 aromatic rings. The number of aromatic nitrogens is 1. The second-order valence-electron chi connectivity index (χ2n) is 4.53. The number of amides is 1. The molecule has 0 aliphatic heterocycles. The van der Waals surface area contributed by atoms with Crippen LogP contribution in [0.1, 0.15) is 21.5 Å². The summed E-state index contributed by atoms with van der Waals surface area (Å²) in [7, 11) is 0. The van der Waals surface area contributed by atoms with Crippen LogP contribution in [0.2, 0.25) is 0 Å². The zero-order chi connectivity index (χ0) is 16.7. The highest BCUT2D eigenvalue weighted by molar-refractivity contribution is 6.06. The van der Waals surface area contributed by atoms with Crippen LogP contribution >= 0.6 is 0 Å². The summed E-state index contributed by atoms with van der Waals surface area (Å²) in [5.74, 6) is -1.52. The minimum absolute atomic E-state index is 0.242. The van der Waals surface area contributed by atoms with Gasteiger partial charge in [0.05, 0.1) is 0 Å². The molecule has 0 fully saturated rings. The number of hydrogen-bond donors (Lipinski definition) is 2. The number of nitrogens with one attached hydrogen (secondary N) is 1. The minimum Gasteiger partial charge on any atom is -0.289 e. The summed E-state index contributed by atoms with van der Waals surface area (Å²) >= 11 is 0. The monoisotopic (exact) mass is 312 g/mol. The fourth-order valence-corrected chi connectivity index (χ4v) is 1.76. The summed E-state index contributed by atoms with van der Waals surface area (Å²) < 4.78 is 14.0. The molecule has 1 heterocycles. The molecular weight excluding hydrogens is 299 g/mol. The standard InChI is InChI=1S/C17H13FN2O3/c18-15-10-12(4-8-17(22)20-23)3-5-13(15)6-7-16(21)14-2-1-9-19-11-14/h1-11,23H,(H,20,22). The summed E-state index contributed by atoms with van der Waals surface area (Å²) in [6.07, 6.45) is 8.05. The number of allylic oxidation sites excluding steroid dienone is 1. The van der Waals surface area contributed by atoms with Crippen molar-refractivity contribution in [3.8, 4) is 0 Å². The van der Waals surface area contributed by atoms with E-state index in [1.807, 2.05) is 0 Å². The van der Waals surface area contributed by atoms with Gasteiger partial charge in [-0.1, -0.05) is 12.1 Å². The van der Waals surface area contributed by atoms with Crippen LogP contribution in [0.4, 0.5) is 4.39 Å². The van der Waals surface area contributed by atoms with Crippen LogP contribution in [-0.2, 0) is 4.79 Å². The summed E-state index contributed by atoms with van der Waals surface area (Å²) in [5, 5.41) is 8.36. The molecule has 116 valence electrons. The number of hydroxylamine groups is 1. The van der Waals surface area contributed by atoms with Gasteiger partial charge in [-0.05, 0) is 42.0 Å². The molecule has 0 radical (unpaired) electrons. The van der Waals surface area contributed by atoms with E-state index in [1.54, 1.807) is 24.4 Å². The summed E-state index contributed by atoms with van der Waals surface area (Å²) in [5.41, 5.74) is 2.54. The van der Waals surface area contributed by atoms with Crippen molar-refractivity contribution < 1.29 is 19.2 Å². The molecule has 2 N–H and O–H groups in total. The number of carbonyl (C=O) groups excluding carboxylic acids is 2. The van der Waals surface area contributed by atoms with Gasteiger partial charge in [0.2, 0.25) is 0 Å². The van der Waals surface area contributed by atoms with Crippen molar-refractivity contribution in [2.75, 3.05) is 0 Å². The predicted molar refractivity (Wildman–Crippen MR) is 83.0 cm³/mol. The van der Waals surface area contributed by atoms with E-state index in [4.69, 9.17) is 5.21 Å². The highest BCUT2D eigenvalue weighted by atomic mass is 19.1. The maximum absolute atomic E-state index is 14.0. The van der Waals surface area contributed by atoms with Crippen molar-refractivity contribution in [2.24, 2.45) is 0 Å². The number of nitrogens with zero attached hydrogens (tertiary/aromatic N) is 1. The first-order chi connectivity index (χ1) is 11.1. The minimum atomic E-state index is -0.712. The molecule has 0 spiro atoms. The Labute approximate surface area is 131 Å². The van der Waals surface area contributed by atoms with Crippen molar-refractivity contribution in [3.63, 3.8) is 0 Å². The van der Waals surface area contributed by atoms with Gasteiger partial charge in [0.1, 0.15) is 5.82 Å². The Morgan fingerprint density at radius 2 is 2.00 bits per heavy atom. The molecule has 5 nitrogen and oxygen atoms in total. The molecule has 0 aliphatic carbocycles. The van der Waals surface area contributed by atoms with Crippen molar-refractivity contribution in [2.45, 2.75) is 0 Å². The van der Waals surface area contributed by atoms with Gasteiger partial charge >= 0.3 is 0 Å². The largest absolute Gasteiger partial charge is 0.289 e. The predicted octanol–water partition coefficient (Wildman–Crippen LogP) is 2.64. The third-order valence-corrected chi connectivity index (χ3v) is 2.92. The van der Waals surface area contributed by atoms with E-state index in [0.717, 1.165) is 6.08 Å². The van der Waals surface area contributed by atoms with E-state index in [1.165, 1.54) is 42.0 Å². The average molecular weight is 312 g/mol. The molecule has 0 bridgehead atoms. The van der Waals surface area contributed by atoms with E-state index in [-0.39, 0.29) is 11.3 Å². The third-order valence-electron chi connectivity index (χ3n) is 2.92. The molecular formula is C17H13FN2O3. The Kier molecular flexibility index (Phi) is 5.49. The molecule has 1 aromatic heterocycles. The molecule has 1 aromatic carbocycles. The topological polar surface area (TPSA) is 79.3 Å². The van der Waals surface area contributed by atoms with Gasteiger partial charge < -0.3 is 0 Å². The number of hydrogen-bond acceptors (Lipinski definition) is 4. The average Bonchev–Trinajstić information content (AvgIpc) is 2.59. The molecule has 0 atom stereocenters. The van der Waals surface area contributed by atoms with Crippen LogP contribution in [0.3, 0.4) is 0 Å². The number of benzene rings is 1. The smallest absolute Gasteiger partial charge is 0.267 e. The van der Waals surface area contributed by atoms with Crippen LogP contribution in [-0.4, -0.2) is 21.9 Å². The molecule has 0 aliphatic rings. The first-order valence-corrected chi connectivity index (χ1v) is 6.64. The van der Waals surface area contributed by atoms with Crippen molar-refractivity contribution >= 4 is 23.8 Å². The van der Waals surface area contributed by atoms with Gasteiger partial charge in [0.15, 0.2) is 5.78 Å². The highest BCUT2D eigenvalue weighted by Gasteiger charge is 2.03. The van der Waals surface area contributed by atoms with E-state index in [0.29, 0.717) is 11.1 Å². The molecule has 0 unspecified atom stereocenters. The maximum Gasteiger partial charge on any atom is 0.267 e. The maximum atomic E-state index is 14.0. The number of ketones is 1. The Balaban J connectivity index is 2.12. The number of rotatable bonds is 5. The van der Waals surface area contributed by atoms with Crippen LogP contribution in [0.15, 0.2) is 54.9 Å². The van der Waals surface area contributed by atoms with E-state index >= 15 is 0 Å². The molecule has 1 amide bonds. The normalized spacial score (nSPS) is 11.0. The molecule has 2 rings (SSSR count). The van der Waals surface area contributed by atoms with Gasteiger partial charge in [0.25, 0.3) is 5.91 Å². The van der Waals surface area contributed by atoms with Crippen LogP contribution in [0.25, 0.3) is 12.2 Å². The Bertz CT molecular complexity index is 771. The lowest BCUT2D eigenvalue weighted by Gasteiger charge is -1.99. The Hall–Kier alpha value is -3.12. The summed E-state index contributed by atoms with van der Waals surface area (Å²) in [6, 6.07) is 7.55. The fraction of sp³-hybridized carbons (Fsp3) is 0. The van der Waals surface area contributed by atoms with Gasteiger partial charge in [-0.3, -0.25) is 19.8 Å². The second-order valence-corrected chi connectivity index (χ2v) is 4.53. The van der Waals surface area contributed by atoms with Gasteiger partial charge in [-0.2, -0.15) is 0 Å². The fourth-order valence-electron chi connectivity index (χ4n) is 1.76. The zero-order valence-electron chi connectivity index (χ0n) is 11.9. The lowest BCUT2D eigenvalue weighted by atomic mass is 10.1. The Morgan fingerprint density at radius 3 is 2.65 bits per heavy atom. The molecule has 0 saturated carbocycles. The van der Waals surface area contributed by atoms with Crippen LogP contribution in [0, 0.1) is 5.82 Å². The van der Waals surface area contributed by atoms with Crippen LogP contribution < -0.4 is 5.48 Å². The lowest BCUT2D eigenvalue weighted by molar-refractivity contribution is -0.124. The van der Waals surface area contributed by atoms with Crippen molar-refractivity contribution in [1.82, 2.24) is 10.5 Å². The van der Waals surface area contributed by atoms with Gasteiger partial charge in [0, 0.05) is 29.6 Å². The van der Waals surface area contributed by atoms with Gasteiger partial charge in [-0.25, -0.2) is 9.87 Å². The van der Waals surface area contributed by atoms with Gasteiger partial charge in [-0.15, -0.1) is 0 Å².